The van der Waals surface area contributed by atoms with E-state index in [0.717, 1.165) is 43.7 Å². The second-order valence-electron chi connectivity index (χ2n) is 7.58. The summed E-state index contributed by atoms with van der Waals surface area (Å²) >= 11 is 0. The summed E-state index contributed by atoms with van der Waals surface area (Å²) in [5.41, 5.74) is 3.17. The van der Waals surface area contributed by atoms with Crippen molar-refractivity contribution >= 4 is 17.3 Å². The number of nitrogens with zero attached hydrogens (tertiary/aromatic N) is 3. The SMILES string of the molecule is CC(C)N(C)c1cccc(NC(=O)[C@H]2CCCCN2Cc2ccncc2)c1. The molecule has 1 aliphatic rings. The maximum atomic E-state index is 13.0. The van der Waals surface area contributed by atoms with Gasteiger partial charge < -0.3 is 10.2 Å². The topological polar surface area (TPSA) is 48.5 Å². The molecule has 1 N–H and O–H groups in total. The van der Waals surface area contributed by atoms with Crippen LogP contribution in [0.1, 0.15) is 38.7 Å². The summed E-state index contributed by atoms with van der Waals surface area (Å²) in [6, 6.07) is 12.5. The van der Waals surface area contributed by atoms with Crippen molar-refractivity contribution < 1.29 is 4.79 Å². The van der Waals surface area contributed by atoms with Gasteiger partial charge in [0.15, 0.2) is 0 Å². The number of aromatic nitrogens is 1. The van der Waals surface area contributed by atoms with Crippen molar-refractivity contribution in [1.82, 2.24) is 9.88 Å². The highest BCUT2D eigenvalue weighted by atomic mass is 16.2. The van der Waals surface area contributed by atoms with Crippen LogP contribution in [0.3, 0.4) is 0 Å². The van der Waals surface area contributed by atoms with Gasteiger partial charge in [0, 0.05) is 43.4 Å². The lowest BCUT2D eigenvalue weighted by Crippen LogP contribution is -2.46. The minimum atomic E-state index is -0.0848. The highest BCUT2D eigenvalue weighted by molar-refractivity contribution is 5.95. The predicted octanol–water partition coefficient (Wildman–Crippen LogP) is 3.92. The molecule has 0 spiro atoms. The first-order chi connectivity index (χ1) is 13.0. The van der Waals surface area contributed by atoms with Gasteiger partial charge in [-0.15, -0.1) is 0 Å². The quantitative estimate of drug-likeness (QED) is 0.842. The summed E-state index contributed by atoms with van der Waals surface area (Å²) in [6.07, 6.45) is 6.77. The van der Waals surface area contributed by atoms with E-state index in [1.54, 1.807) is 0 Å². The maximum absolute atomic E-state index is 13.0. The fourth-order valence-electron chi connectivity index (χ4n) is 3.53. The number of likely N-dealkylation sites (tertiary alicyclic amines) is 1. The third kappa shape index (κ3) is 5.07. The lowest BCUT2D eigenvalue weighted by atomic mass is 10.0. The van der Waals surface area contributed by atoms with Gasteiger partial charge in [-0.3, -0.25) is 14.7 Å². The molecule has 1 fully saturated rings. The van der Waals surface area contributed by atoms with E-state index in [0.29, 0.717) is 6.04 Å². The number of benzene rings is 1. The predicted molar refractivity (Wildman–Crippen MR) is 111 cm³/mol. The highest BCUT2D eigenvalue weighted by Crippen LogP contribution is 2.23. The van der Waals surface area contributed by atoms with Crippen LogP contribution in [0.25, 0.3) is 0 Å². The number of anilines is 2. The van der Waals surface area contributed by atoms with Crippen molar-refractivity contribution in [1.29, 1.82) is 0 Å². The summed E-state index contributed by atoms with van der Waals surface area (Å²) in [5, 5.41) is 3.14. The Kier molecular flexibility index (Phi) is 6.45. The smallest absolute Gasteiger partial charge is 0.241 e. The van der Waals surface area contributed by atoms with Crippen molar-refractivity contribution in [3.05, 3.63) is 54.4 Å². The largest absolute Gasteiger partial charge is 0.372 e. The van der Waals surface area contributed by atoms with Crippen LogP contribution in [0.4, 0.5) is 11.4 Å². The Balaban J connectivity index is 1.69. The Labute approximate surface area is 162 Å². The Morgan fingerprint density at radius 3 is 2.78 bits per heavy atom. The van der Waals surface area contributed by atoms with Crippen molar-refractivity contribution in [2.45, 2.75) is 51.7 Å². The van der Waals surface area contributed by atoms with Crippen LogP contribution in [0.5, 0.6) is 0 Å². The zero-order valence-electron chi connectivity index (χ0n) is 16.6. The third-order valence-corrected chi connectivity index (χ3v) is 5.35. The van der Waals surface area contributed by atoms with Gasteiger partial charge in [0.2, 0.25) is 5.91 Å². The second kappa shape index (κ2) is 9.00. The molecule has 1 aromatic heterocycles. The van der Waals surface area contributed by atoms with E-state index in [4.69, 9.17) is 0 Å². The lowest BCUT2D eigenvalue weighted by molar-refractivity contribution is -0.122. The minimum absolute atomic E-state index is 0.0848. The first-order valence-electron chi connectivity index (χ1n) is 9.81. The van der Waals surface area contributed by atoms with E-state index in [9.17, 15) is 4.79 Å². The second-order valence-corrected chi connectivity index (χ2v) is 7.58. The molecule has 3 rings (SSSR count). The Morgan fingerprint density at radius 1 is 1.26 bits per heavy atom. The molecule has 1 amide bonds. The number of nitrogens with one attached hydrogen (secondary N) is 1. The van der Waals surface area contributed by atoms with Gasteiger partial charge in [-0.25, -0.2) is 0 Å². The van der Waals surface area contributed by atoms with Crippen LogP contribution < -0.4 is 10.2 Å². The molecular formula is C22H30N4O. The average molecular weight is 367 g/mol. The molecule has 0 radical (unpaired) electrons. The molecule has 1 atom stereocenters. The van der Waals surface area contributed by atoms with Crippen molar-refractivity contribution in [2.24, 2.45) is 0 Å². The Bertz CT molecular complexity index is 747. The van der Waals surface area contributed by atoms with Crippen LogP contribution in [-0.4, -0.2) is 41.5 Å². The molecule has 27 heavy (non-hydrogen) atoms. The number of pyridine rings is 1. The fourth-order valence-corrected chi connectivity index (χ4v) is 3.53. The van der Waals surface area contributed by atoms with Crippen LogP contribution in [0, 0.1) is 0 Å². The van der Waals surface area contributed by atoms with Gasteiger partial charge in [0.25, 0.3) is 0 Å². The first-order valence-corrected chi connectivity index (χ1v) is 9.81. The molecule has 0 unspecified atom stereocenters. The maximum Gasteiger partial charge on any atom is 0.241 e. The van der Waals surface area contributed by atoms with E-state index in [1.165, 1.54) is 5.56 Å². The van der Waals surface area contributed by atoms with Crippen molar-refractivity contribution in [3.63, 3.8) is 0 Å². The molecule has 0 saturated carbocycles. The van der Waals surface area contributed by atoms with Crippen LogP contribution in [0.2, 0.25) is 0 Å². The van der Waals surface area contributed by atoms with Crippen molar-refractivity contribution in [3.8, 4) is 0 Å². The number of rotatable bonds is 6. The zero-order chi connectivity index (χ0) is 19.2. The van der Waals surface area contributed by atoms with Gasteiger partial charge in [-0.2, -0.15) is 0 Å². The number of hydrogen-bond donors (Lipinski definition) is 1. The van der Waals surface area contributed by atoms with E-state index >= 15 is 0 Å². The Hall–Kier alpha value is -2.40. The van der Waals surface area contributed by atoms with E-state index in [2.05, 4.69) is 47.1 Å². The molecular weight excluding hydrogens is 336 g/mol. The number of carbonyl (C=O) groups is 1. The van der Waals surface area contributed by atoms with Crippen LogP contribution in [-0.2, 0) is 11.3 Å². The third-order valence-electron chi connectivity index (χ3n) is 5.35. The lowest BCUT2D eigenvalue weighted by Gasteiger charge is -2.34. The zero-order valence-corrected chi connectivity index (χ0v) is 16.6. The van der Waals surface area contributed by atoms with Gasteiger partial charge in [0.05, 0.1) is 6.04 Å². The number of hydrogen-bond acceptors (Lipinski definition) is 4. The monoisotopic (exact) mass is 366 g/mol. The summed E-state index contributed by atoms with van der Waals surface area (Å²) < 4.78 is 0. The highest BCUT2D eigenvalue weighted by Gasteiger charge is 2.28. The number of piperidine rings is 1. The van der Waals surface area contributed by atoms with Gasteiger partial charge in [-0.05, 0) is 69.1 Å². The molecule has 5 nitrogen and oxygen atoms in total. The molecule has 2 heterocycles. The van der Waals surface area contributed by atoms with Gasteiger partial charge in [-0.1, -0.05) is 12.5 Å². The Morgan fingerprint density at radius 2 is 2.04 bits per heavy atom. The van der Waals surface area contributed by atoms with E-state index < -0.39 is 0 Å². The van der Waals surface area contributed by atoms with Crippen LogP contribution >= 0.6 is 0 Å². The van der Waals surface area contributed by atoms with E-state index in [1.807, 2.05) is 42.7 Å². The summed E-state index contributed by atoms with van der Waals surface area (Å²) in [7, 11) is 2.07. The minimum Gasteiger partial charge on any atom is -0.372 e. The first kappa shape index (κ1) is 19.4. The van der Waals surface area contributed by atoms with Gasteiger partial charge in [0.1, 0.15) is 0 Å². The fraction of sp³-hybridized carbons (Fsp3) is 0.455. The number of carbonyl (C=O) groups excluding carboxylic acids is 1. The normalized spacial score (nSPS) is 17.7. The average Bonchev–Trinajstić information content (AvgIpc) is 2.68. The summed E-state index contributed by atoms with van der Waals surface area (Å²) in [6.45, 7) is 6.06. The molecule has 1 aromatic carbocycles. The standard InChI is InChI=1S/C22H30N4O/c1-17(2)25(3)20-8-6-7-19(15-20)24-22(27)21-9-4-5-14-26(21)16-18-10-12-23-13-11-18/h6-8,10-13,15,17,21H,4-5,9,14,16H2,1-3H3,(H,24,27)/t21-/m1/s1. The van der Waals surface area contributed by atoms with Crippen LogP contribution in [0.15, 0.2) is 48.8 Å². The molecule has 144 valence electrons. The molecule has 2 aromatic rings. The molecule has 0 bridgehead atoms. The molecule has 1 saturated heterocycles. The summed E-state index contributed by atoms with van der Waals surface area (Å²) in [4.78, 5) is 21.6. The molecule has 1 aliphatic heterocycles. The summed E-state index contributed by atoms with van der Waals surface area (Å²) in [5.74, 6) is 0.0908. The van der Waals surface area contributed by atoms with Gasteiger partial charge >= 0.3 is 0 Å². The number of amides is 1. The van der Waals surface area contributed by atoms with E-state index in [-0.39, 0.29) is 11.9 Å². The van der Waals surface area contributed by atoms with Crippen molar-refractivity contribution in [2.75, 3.05) is 23.8 Å². The molecule has 0 aliphatic carbocycles. The molecule has 5 heteroatoms.